The zero-order valence-electron chi connectivity index (χ0n) is 20.5. The van der Waals surface area contributed by atoms with Gasteiger partial charge in [-0.3, -0.25) is 9.69 Å². The number of nitrogens with one attached hydrogen (secondary N) is 1. The molecule has 0 saturated carbocycles. The lowest BCUT2D eigenvalue weighted by molar-refractivity contribution is -0.134. The first-order chi connectivity index (χ1) is 17.1. The van der Waals surface area contributed by atoms with E-state index in [0.717, 1.165) is 41.2 Å². The second kappa shape index (κ2) is 14.2. The summed E-state index contributed by atoms with van der Waals surface area (Å²) < 4.78 is 5.41. The third kappa shape index (κ3) is 8.80. The number of rotatable bonds is 12. The fourth-order valence-electron chi connectivity index (χ4n) is 3.52. The summed E-state index contributed by atoms with van der Waals surface area (Å²) in [6.45, 7) is 5.33. The minimum absolute atomic E-state index is 0.0728. The summed E-state index contributed by atoms with van der Waals surface area (Å²) >= 11 is 1.59. The van der Waals surface area contributed by atoms with Crippen molar-refractivity contribution in [2.24, 2.45) is 0 Å². The average molecular weight is 491 g/mol. The molecule has 0 aromatic heterocycles. The number of benzene rings is 3. The zero-order valence-corrected chi connectivity index (χ0v) is 21.4. The van der Waals surface area contributed by atoms with Gasteiger partial charge in [0.25, 0.3) is 0 Å². The maximum Gasteiger partial charge on any atom is 0.321 e. The summed E-state index contributed by atoms with van der Waals surface area (Å²) in [6.07, 6.45) is 3.95. The van der Waals surface area contributed by atoms with Crippen LogP contribution in [-0.4, -0.2) is 25.1 Å². The number of unbranched alkanes of at least 4 members (excludes halogenated alkanes) is 1. The van der Waals surface area contributed by atoms with Gasteiger partial charge in [0.05, 0.1) is 0 Å². The predicted octanol–water partition coefficient (Wildman–Crippen LogP) is 7.10. The van der Waals surface area contributed by atoms with Gasteiger partial charge in [-0.15, -0.1) is 0 Å². The third-order valence-electron chi connectivity index (χ3n) is 5.39. The van der Waals surface area contributed by atoms with Crippen LogP contribution in [0.2, 0.25) is 0 Å². The summed E-state index contributed by atoms with van der Waals surface area (Å²) in [7, 11) is 0. The molecule has 0 unspecified atom stereocenters. The van der Waals surface area contributed by atoms with Gasteiger partial charge in [-0.05, 0) is 67.3 Å². The number of ether oxygens (including phenoxy) is 1. The van der Waals surface area contributed by atoms with Gasteiger partial charge in [0.1, 0.15) is 5.75 Å². The number of carbonyl (C=O) groups is 2. The number of urea groups is 1. The van der Waals surface area contributed by atoms with E-state index in [1.54, 1.807) is 17.8 Å². The van der Waals surface area contributed by atoms with Crippen LogP contribution in [-0.2, 0) is 11.2 Å². The number of nitrogens with zero attached hydrogens (tertiary/aromatic N) is 1. The van der Waals surface area contributed by atoms with E-state index >= 15 is 0 Å². The third-order valence-corrected chi connectivity index (χ3v) is 6.39. The SMILES string of the molecule is CCCCNC(=O)N(CCc1ccccc1)c1ccc(Sc2cccc(OC(=O)CCC)c2)cc1. The van der Waals surface area contributed by atoms with Gasteiger partial charge in [-0.1, -0.05) is 68.4 Å². The standard InChI is InChI=1S/C29H34N2O3S/c1-3-5-20-30-29(33)31(21-19-23-11-7-6-8-12-23)24-15-17-26(18-16-24)35-27-14-9-13-25(22-27)34-28(32)10-4-2/h6-9,11-18,22H,3-5,10,19-21H2,1-2H3,(H,30,33). The van der Waals surface area contributed by atoms with E-state index in [4.69, 9.17) is 4.74 Å². The average Bonchev–Trinajstić information content (AvgIpc) is 2.86. The van der Waals surface area contributed by atoms with Crippen molar-refractivity contribution in [2.45, 2.75) is 55.7 Å². The lowest BCUT2D eigenvalue weighted by atomic mass is 10.1. The second-order valence-electron chi connectivity index (χ2n) is 8.27. The molecule has 0 aliphatic heterocycles. The van der Waals surface area contributed by atoms with Crippen LogP contribution in [0.1, 0.15) is 45.1 Å². The molecule has 0 radical (unpaired) electrons. The zero-order chi connectivity index (χ0) is 24.9. The first-order valence-corrected chi connectivity index (χ1v) is 13.1. The summed E-state index contributed by atoms with van der Waals surface area (Å²) in [6, 6.07) is 25.7. The molecular weight excluding hydrogens is 456 g/mol. The smallest absolute Gasteiger partial charge is 0.321 e. The second-order valence-corrected chi connectivity index (χ2v) is 9.41. The topological polar surface area (TPSA) is 58.6 Å². The van der Waals surface area contributed by atoms with Gasteiger partial charge in [-0.2, -0.15) is 0 Å². The van der Waals surface area contributed by atoms with Crippen molar-refractivity contribution < 1.29 is 14.3 Å². The Hall–Kier alpha value is -3.25. The van der Waals surface area contributed by atoms with Crippen LogP contribution < -0.4 is 15.0 Å². The van der Waals surface area contributed by atoms with Crippen LogP contribution in [0.25, 0.3) is 0 Å². The Labute approximate surface area is 212 Å². The highest BCUT2D eigenvalue weighted by Gasteiger charge is 2.15. The molecule has 0 saturated heterocycles. The Balaban J connectivity index is 1.68. The molecule has 0 aliphatic carbocycles. The molecule has 3 aromatic rings. The van der Waals surface area contributed by atoms with Crippen LogP contribution >= 0.6 is 11.8 Å². The molecule has 3 rings (SSSR count). The summed E-state index contributed by atoms with van der Waals surface area (Å²) in [5.41, 5.74) is 2.06. The fourth-order valence-corrected chi connectivity index (χ4v) is 4.39. The Kier molecular flexibility index (Phi) is 10.7. The number of hydrogen-bond donors (Lipinski definition) is 1. The first kappa shape index (κ1) is 26.4. The van der Waals surface area contributed by atoms with Crippen LogP contribution in [0.5, 0.6) is 5.75 Å². The Morgan fingerprint density at radius 2 is 1.66 bits per heavy atom. The molecule has 1 N–H and O–H groups in total. The van der Waals surface area contributed by atoms with Crippen LogP contribution in [0.4, 0.5) is 10.5 Å². The van der Waals surface area contributed by atoms with Crippen LogP contribution in [0, 0.1) is 0 Å². The van der Waals surface area contributed by atoms with Gasteiger partial charge in [0.2, 0.25) is 0 Å². The predicted molar refractivity (Wildman–Crippen MR) is 143 cm³/mol. The number of anilines is 1. The number of amides is 2. The number of esters is 1. The Morgan fingerprint density at radius 1 is 0.886 bits per heavy atom. The molecule has 0 atom stereocenters. The Bertz CT molecular complexity index is 1070. The van der Waals surface area contributed by atoms with Crippen molar-refractivity contribution in [1.82, 2.24) is 5.32 Å². The van der Waals surface area contributed by atoms with E-state index < -0.39 is 0 Å². The van der Waals surface area contributed by atoms with Crippen LogP contribution in [0.15, 0.2) is 88.7 Å². The van der Waals surface area contributed by atoms with Gasteiger partial charge in [0, 0.05) is 35.0 Å². The van der Waals surface area contributed by atoms with Crippen molar-refractivity contribution in [3.8, 4) is 5.75 Å². The normalized spacial score (nSPS) is 10.6. The van der Waals surface area contributed by atoms with Crippen molar-refractivity contribution >= 4 is 29.4 Å². The molecule has 0 bridgehead atoms. The van der Waals surface area contributed by atoms with Crippen molar-refractivity contribution in [3.05, 3.63) is 84.4 Å². The first-order valence-electron chi connectivity index (χ1n) is 12.3. The highest BCUT2D eigenvalue weighted by atomic mass is 32.2. The summed E-state index contributed by atoms with van der Waals surface area (Å²) in [4.78, 5) is 28.6. The highest BCUT2D eigenvalue weighted by Crippen LogP contribution is 2.31. The molecule has 0 fully saturated rings. The minimum Gasteiger partial charge on any atom is -0.426 e. The van der Waals surface area contributed by atoms with Crippen LogP contribution in [0.3, 0.4) is 0 Å². The quantitative estimate of drug-likeness (QED) is 0.167. The highest BCUT2D eigenvalue weighted by molar-refractivity contribution is 7.99. The van der Waals surface area contributed by atoms with Crippen molar-refractivity contribution in [2.75, 3.05) is 18.0 Å². The van der Waals surface area contributed by atoms with Crippen molar-refractivity contribution in [1.29, 1.82) is 0 Å². The number of hydrogen-bond acceptors (Lipinski definition) is 4. The molecule has 0 spiro atoms. The molecule has 35 heavy (non-hydrogen) atoms. The van der Waals surface area contributed by atoms with E-state index in [9.17, 15) is 9.59 Å². The fraction of sp³-hybridized carbons (Fsp3) is 0.310. The van der Waals surface area contributed by atoms with Gasteiger partial charge < -0.3 is 10.1 Å². The summed E-state index contributed by atoms with van der Waals surface area (Å²) in [5.74, 6) is 0.340. The molecule has 2 amide bonds. The number of carbonyl (C=O) groups excluding carboxylic acids is 2. The molecule has 3 aromatic carbocycles. The molecule has 0 heterocycles. The van der Waals surface area contributed by atoms with E-state index in [2.05, 4.69) is 24.4 Å². The van der Waals surface area contributed by atoms with Gasteiger partial charge >= 0.3 is 12.0 Å². The van der Waals surface area contributed by atoms with E-state index in [1.165, 1.54) is 5.56 Å². The Morgan fingerprint density at radius 3 is 2.37 bits per heavy atom. The summed E-state index contributed by atoms with van der Waals surface area (Å²) in [5, 5.41) is 3.04. The monoisotopic (exact) mass is 490 g/mol. The van der Waals surface area contributed by atoms with E-state index in [0.29, 0.717) is 25.3 Å². The molecule has 6 heteroatoms. The van der Waals surface area contributed by atoms with Crippen molar-refractivity contribution in [3.63, 3.8) is 0 Å². The lowest BCUT2D eigenvalue weighted by Gasteiger charge is -2.23. The molecular formula is C29H34N2O3S. The van der Waals surface area contributed by atoms with E-state index in [1.807, 2.05) is 72.5 Å². The lowest BCUT2D eigenvalue weighted by Crippen LogP contribution is -2.41. The maximum absolute atomic E-state index is 13.0. The minimum atomic E-state index is -0.216. The maximum atomic E-state index is 13.0. The van der Waals surface area contributed by atoms with Gasteiger partial charge in [0.15, 0.2) is 0 Å². The molecule has 5 nitrogen and oxygen atoms in total. The molecule has 184 valence electrons. The van der Waals surface area contributed by atoms with E-state index in [-0.39, 0.29) is 12.0 Å². The molecule has 0 aliphatic rings. The van der Waals surface area contributed by atoms with Gasteiger partial charge in [-0.25, -0.2) is 4.79 Å². The largest absolute Gasteiger partial charge is 0.426 e.